The molecule has 2 saturated carbocycles. The van der Waals surface area contributed by atoms with Gasteiger partial charge >= 0.3 is 0 Å². The van der Waals surface area contributed by atoms with Crippen LogP contribution in [0.15, 0.2) is 48.5 Å². The molecule has 2 nitrogen and oxygen atoms in total. The summed E-state index contributed by atoms with van der Waals surface area (Å²) >= 11 is 0. The standard InChI is InChI=1S/C14H22.C11H16.C7H14.C6H12.C6H14.C5H12.C4H10O.C4H10.C3H8O/c1-11(2)9-12-7-6-8-13(10-12)14(3,4)5;1-9(2)8-11-6-4-10(3)5-7-11;1-6(2)5-7-3-4-7;1-5(2)6-3-4-6;1-5(2)6(3)4;1-4-5(2)3;1-4(2)3-5;1-4(2)3;1-3(2)4/h6-8,10-11H,9H2,1-5H3;4-7,9H,8H2,1-3H3;6-7H,3-5H2,1-2H3;5-6H,3-4H2,1-2H3;5-6H,1-4H3;5H,4H2,1-3H3;4-5H,3H2,1-2H3;4H,1-3H3;3-4H,1-2H3. The number of hydrogen-bond acceptors (Lipinski definition) is 2. The van der Waals surface area contributed by atoms with Gasteiger partial charge in [-0.05, 0) is 140 Å². The van der Waals surface area contributed by atoms with Gasteiger partial charge in [-0.2, -0.15) is 0 Å². The first-order chi connectivity index (χ1) is 28.3. The summed E-state index contributed by atoms with van der Waals surface area (Å²) < 4.78 is 0. The minimum atomic E-state index is -0.167. The second-order valence-corrected chi connectivity index (χ2v) is 23.5. The minimum Gasteiger partial charge on any atom is -0.396 e. The molecular weight excluding hydrogens is 753 g/mol. The van der Waals surface area contributed by atoms with E-state index < -0.39 is 0 Å². The van der Waals surface area contributed by atoms with Crippen LogP contribution in [0.25, 0.3) is 0 Å². The summed E-state index contributed by atoms with van der Waals surface area (Å²) in [5.74, 6) is 9.49. The van der Waals surface area contributed by atoms with E-state index >= 15 is 0 Å². The summed E-state index contributed by atoms with van der Waals surface area (Å²) in [7, 11) is 0. The molecule has 370 valence electrons. The third-order valence-corrected chi connectivity index (χ3v) is 9.78. The van der Waals surface area contributed by atoms with E-state index in [1.807, 2.05) is 13.8 Å². The zero-order valence-corrected chi connectivity index (χ0v) is 47.3. The molecule has 4 rings (SSSR count). The number of benzene rings is 2. The Morgan fingerprint density at radius 1 is 0.548 bits per heavy atom. The Morgan fingerprint density at radius 2 is 0.919 bits per heavy atom. The van der Waals surface area contributed by atoms with Crippen LogP contribution in [0, 0.1) is 72.0 Å². The van der Waals surface area contributed by atoms with Crippen molar-refractivity contribution < 1.29 is 10.2 Å². The molecule has 0 aromatic heterocycles. The van der Waals surface area contributed by atoms with Gasteiger partial charge in [-0.1, -0.05) is 233 Å². The lowest BCUT2D eigenvalue weighted by Gasteiger charge is -2.20. The van der Waals surface area contributed by atoms with Crippen LogP contribution < -0.4 is 0 Å². The van der Waals surface area contributed by atoms with E-state index in [4.69, 9.17) is 10.2 Å². The van der Waals surface area contributed by atoms with E-state index in [1.165, 1.54) is 73.6 Å². The summed E-state index contributed by atoms with van der Waals surface area (Å²) in [5.41, 5.74) is 5.97. The Labute approximate surface area is 394 Å². The summed E-state index contributed by atoms with van der Waals surface area (Å²) in [4.78, 5) is 0. The smallest absolute Gasteiger partial charge is 0.0483 e. The van der Waals surface area contributed by atoms with Gasteiger partial charge in [0.25, 0.3) is 0 Å². The average molecular weight is 872 g/mol. The van der Waals surface area contributed by atoms with Crippen LogP contribution in [0.2, 0.25) is 0 Å². The number of hydrogen-bond donors (Lipinski definition) is 2. The second kappa shape index (κ2) is 42.0. The van der Waals surface area contributed by atoms with Crippen molar-refractivity contribution in [1.82, 2.24) is 0 Å². The van der Waals surface area contributed by atoms with E-state index in [0.29, 0.717) is 12.5 Å². The van der Waals surface area contributed by atoms with Gasteiger partial charge in [0, 0.05) is 12.7 Å². The SMILES string of the molecule is CC(C)C.CC(C)C(C)C.CC(C)C1CC1.CC(C)CC1CC1.CC(C)CO.CC(C)Cc1cccc(C(C)(C)C)c1.CC(C)O.CCC(C)C.Cc1ccc(CC(C)C)cc1. The lowest BCUT2D eigenvalue weighted by molar-refractivity contribution is 0.216. The van der Waals surface area contributed by atoms with Gasteiger partial charge in [-0.3, -0.25) is 0 Å². The van der Waals surface area contributed by atoms with Gasteiger partial charge in [0.15, 0.2) is 0 Å². The Kier molecular flexibility index (Phi) is 47.0. The molecule has 62 heavy (non-hydrogen) atoms. The zero-order chi connectivity index (χ0) is 49.8. The van der Waals surface area contributed by atoms with Crippen LogP contribution in [0.4, 0.5) is 0 Å². The lowest BCUT2D eigenvalue weighted by atomic mass is 9.85. The number of aryl methyl sites for hydroxylation is 1. The first-order valence-corrected chi connectivity index (χ1v) is 25.8. The minimum absolute atomic E-state index is 0.167. The molecule has 2 heteroatoms. The van der Waals surface area contributed by atoms with Crippen LogP contribution in [0.3, 0.4) is 0 Å². The highest BCUT2D eigenvalue weighted by atomic mass is 16.3. The second-order valence-electron chi connectivity index (χ2n) is 23.5. The van der Waals surface area contributed by atoms with Gasteiger partial charge in [0.2, 0.25) is 0 Å². The van der Waals surface area contributed by atoms with Gasteiger partial charge in [-0.25, -0.2) is 0 Å². The van der Waals surface area contributed by atoms with Crippen molar-refractivity contribution >= 4 is 0 Å². The molecule has 2 aliphatic rings. The van der Waals surface area contributed by atoms with Crippen molar-refractivity contribution in [2.75, 3.05) is 6.61 Å². The van der Waals surface area contributed by atoms with Crippen LogP contribution in [-0.4, -0.2) is 22.9 Å². The molecule has 0 bridgehead atoms. The first kappa shape index (κ1) is 69.4. The molecule has 0 unspecified atom stereocenters. The highest BCUT2D eigenvalue weighted by molar-refractivity contribution is 5.28. The van der Waals surface area contributed by atoms with Crippen LogP contribution in [0.1, 0.15) is 234 Å². The fourth-order valence-corrected chi connectivity index (χ4v) is 4.61. The maximum atomic E-state index is 8.14. The van der Waals surface area contributed by atoms with Gasteiger partial charge in [-0.15, -0.1) is 0 Å². The maximum Gasteiger partial charge on any atom is 0.0483 e. The van der Waals surface area contributed by atoms with E-state index in [-0.39, 0.29) is 11.5 Å². The van der Waals surface area contributed by atoms with Crippen molar-refractivity contribution in [3.8, 4) is 0 Å². The molecule has 0 heterocycles. The van der Waals surface area contributed by atoms with Gasteiger partial charge in [0.05, 0.1) is 0 Å². The van der Waals surface area contributed by atoms with Crippen molar-refractivity contribution in [1.29, 1.82) is 0 Å². The monoisotopic (exact) mass is 871 g/mol. The van der Waals surface area contributed by atoms with Crippen LogP contribution >= 0.6 is 0 Å². The topological polar surface area (TPSA) is 40.5 Å². The van der Waals surface area contributed by atoms with Crippen LogP contribution in [0.5, 0.6) is 0 Å². The van der Waals surface area contributed by atoms with Crippen molar-refractivity contribution in [3.63, 3.8) is 0 Å². The van der Waals surface area contributed by atoms with Gasteiger partial charge < -0.3 is 10.2 Å². The number of rotatable bonds is 10. The van der Waals surface area contributed by atoms with Crippen molar-refractivity contribution in [2.24, 2.45) is 65.1 Å². The van der Waals surface area contributed by atoms with Crippen molar-refractivity contribution in [2.45, 2.75) is 243 Å². The normalized spacial score (nSPS) is 12.9. The third kappa shape index (κ3) is 65.0. The summed E-state index contributed by atoms with van der Waals surface area (Å²) in [6, 6.07) is 17.8. The number of aliphatic hydroxyl groups excluding tert-OH is 2. The van der Waals surface area contributed by atoms with E-state index in [2.05, 4.69) is 201 Å². The van der Waals surface area contributed by atoms with E-state index in [0.717, 1.165) is 59.2 Å². The Bertz CT molecular complexity index is 1130. The van der Waals surface area contributed by atoms with Crippen LogP contribution in [-0.2, 0) is 18.3 Å². The summed E-state index contributed by atoms with van der Waals surface area (Å²) in [6.45, 7) is 57.0. The third-order valence-electron chi connectivity index (χ3n) is 9.78. The highest BCUT2D eigenvalue weighted by Gasteiger charge is 2.24. The predicted molar refractivity (Wildman–Crippen MR) is 288 cm³/mol. The predicted octanol–water partition coefficient (Wildman–Crippen LogP) is 18.9. The fraction of sp³-hybridized carbons (Fsp3) is 0.800. The summed E-state index contributed by atoms with van der Waals surface area (Å²) in [5, 5.41) is 16.2. The zero-order valence-electron chi connectivity index (χ0n) is 47.3. The maximum absolute atomic E-state index is 8.14. The quantitative estimate of drug-likeness (QED) is 0.250. The first-order valence-electron chi connectivity index (χ1n) is 25.8. The molecule has 0 radical (unpaired) electrons. The molecule has 2 aliphatic carbocycles. The molecule has 2 aromatic rings. The molecule has 0 amide bonds. The molecule has 2 fully saturated rings. The molecular formula is C60H118O2. The molecule has 2 aromatic carbocycles. The lowest BCUT2D eigenvalue weighted by Crippen LogP contribution is -2.11. The fourth-order valence-electron chi connectivity index (χ4n) is 4.61. The van der Waals surface area contributed by atoms with E-state index in [1.54, 1.807) is 13.8 Å². The Balaban J connectivity index is -0.000000204. The Hall–Kier alpha value is -1.64. The Morgan fingerprint density at radius 3 is 1.13 bits per heavy atom. The molecule has 0 aliphatic heterocycles. The largest absolute Gasteiger partial charge is 0.396 e. The average Bonchev–Trinajstić information content (AvgIpc) is 4.06. The van der Waals surface area contributed by atoms with Crippen molar-refractivity contribution in [3.05, 3.63) is 70.8 Å². The molecule has 0 saturated heterocycles. The highest BCUT2D eigenvalue weighted by Crippen LogP contribution is 2.36. The number of aliphatic hydroxyl groups is 2. The molecule has 2 N–H and O–H groups in total. The molecule has 0 atom stereocenters. The summed E-state index contributed by atoms with van der Waals surface area (Å²) in [6.07, 6.45) is 11.0. The van der Waals surface area contributed by atoms with E-state index in [9.17, 15) is 0 Å². The van der Waals surface area contributed by atoms with Gasteiger partial charge in [0.1, 0.15) is 0 Å². The molecule has 0 spiro atoms.